The minimum atomic E-state index is -3.47. The summed E-state index contributed by atoms with van der Waals surface area (Å²) >= 11 is 0. The topological polar surface area (TPSA) is 88.6 Å². The fourth-order valence-corrected chi connectivity index (χ4v) is 3.83. The smallest absolute Gasteiger partial charge is 0.281 e. The first-order chi connectivity index (χ1) is 12.3. The van der Waals surface area contributed by atoms with Crippen molar-refractivity contribution in [1.82, 2.24) is 13.5 Å². The van der Waals surface area contributed by atoms with Gasteiger partial charge in [-0.3, -0.25) is 4.79 Å². The molecule has 1 amide bonds. The van der Waals surface area contributed by atoms with Crippen molar-refractivity contribution in [3.05, 3.63) is 17.7 Å². The summed E-state index contributed by atoms with van der Waals surface area (Å²) in [5, 5.41) is 0. The highest BCUT2D eigenvalue weighted by molar-refractivity contribution is 7.86. The van der Waals surface area contributed by atoms with Crippen LogP contribution in [-0.4, -0.2) is 89.4 Å². The molecule has 0 saturated carbocycles. The van der Waals surface area contributed by atoms with Crippen molar-refractivity contribution >= 4 is 16.1 Å². The SMILES string of the molecule is COc1cc(C(=O)N2CCN(S(=O)(=O)N(C)C)CC2)cc(OC)c1OC. The van der Waals surface area contributed by atoms with Crippen molar-refractivity contribution in [1.29, 1.82) is 0 Å². The summed E-state index contributed by atoms with van der Waals surface area (Å²) in [6, 6.07) is 3.18. The third kappa shape index (κ3) is 3.87. The first kappa shape index (κ1) is 20.3. The van der Waals surface area contributed by atoms with Gasteiger partial charge in [0.05, 0.1) is 21.3 Å². The number of piperazine rings is 1. The Hall–Kier alpha value is -2.04. The molecular weight excluding hydrogens is 362 g/mol. The maximum atomic E-state index is 12.8. The Morgan fingerprint density at radius 2 is 1.46 bits per heavy atom. The van der Waals surface area contributed by atoms with E-state index >= 15 is 0 Å². The zero-order chi connectivity index (χ0) is 19.5. The predicted octanol–water partition coefficient (Wildman–Crippen LogP) is 0.277. The number of carbonyl (C=O) groups is 1. The summed E-state index contributed by atoms with van der Waals surface area (Å²) in [6.45, 7) is 1.11. The summed E-state index contributed by atoms with van der Waals surface area (Å²) in [5.41, 5.74) is 0.392. The van der Waals surface area contributed by atoms with Crippen molar-refractivity contribution in [2.75, 3.05) is 61.6 Å². The van der Waals surface area contributed by atoms with Crippen LogP contribution in [0.3, 0.4) is 0 Å². The van der Waals surface area contributed by atoms with Crippen LogP contribution in [0.25, 0.3) is 0 Å². The molecule has 1 aliphatic heterocycles. The van der Waals surface area contributed by atoms with Gasteiger partial charge in [0.2, 0.25) is 5.75 Å². The molecule has 0 spiro atoms. The molecule has 2 rings (SSSR count). The van der Waals surface area contributed by atoms with Crippen molar-refractivity contribution in [2.24, 2.45) is 0 Å². The average Bonchev–Trinajstić information content (AvgIpc) is 2.65. The van der Waals surface area contributed by atoms with E-state index in [1.54, 1.807) is 17.0 Å². The first-order valence-corrected chi connectivity index (χ1v) is 9.42. The Kier molecular flexibility index (Phi) is 6.32. The number of ether oxygens (including phenoxy) is 3. The van der Waals surface area contributed by atoms with E-state index in [2.05, 4.69) is 0 Å². The van der Waals surface area contributed by atoms with Gasteiger partial charge in [0.1, 0.15) is 0 Å². The van der Waals surface area contributed by atoms with Crippen LogP contribution in [0.15, 0.2) is 12.1 Å². The molecular formula is C16H25N3O6S. The molecule has 0 aromatic heterocycles. The van der Waals surface area contributed by atoms with Crippen molar-refractivity contribution < 1.29 is 27.4 Å². The third-order valence-corrected chi connectivity index (χ3v) is 6.17. The highest BCUT2D eigenvalue weighted by Crippen LogP contribution is 2.38. The summed E-state index contributed by atoms with van der Waals surface area (Å²) in [4.78, 5) is 14.4. The van der Waals surface area contributed by atoms with E-state index in [1.807, 2.05) is 0 Å². The molecule has 0 N–H and O–H groups in total. The van der Waals surface area contributed by atoms with E-state index < -0.39 is 10.2 Å². The quantitative estimate of drug-likeness (QED) is 0.697. The van der Waals surface area contributed by atoms with E-state index in [1.165, 1.54) is 44.0 Å². The van der Waals surface area contributed by atoms with Gasteiger partial charge in [-0.2, -0.15) is 17.0 Å². The second-order valence-electron chi connectivity index (χ2n) is 5.90. The standard InChI is InChI=1S/C16H25N3O6S/c1-17(2)26(21,22)19-8-6-18(7-9-19)16(20)12-10-13(23-3)15(25-5)14(11-12)24-4/h10-11H,6-9H2,1-5H3. The Morgan fingerprint density at radius 3 is 1.85 bits per heavy atom. The van der Waals surface area contributed by atoms with Crippen molar-refractivity contribution in [3.8, 4) is 17.2 Å². The van der Waals surface area contributed by atoms with Gasteiger partial charge in [-0.1, -0.05) is 0 Å². The minimum absolute atomic E-state index is 0.217. The second kappa shape index (κ2) is 8.11. The lowest BCUT2D eigenvalue weighted by atomic mass is 10.1. The Balaban J connectivity index is 2.18. The number of rotatable bonds is 6. The van der Waals surface area contributed by atoms with Gasteiger partial charge >= 0.3 is 0 Å². The van der Waals surface area contributed by atoms with Gasteiger partial charge in [-0.15, -0.1) is 0 Å². The summed E-state index contributed by atoms with van der Waals surface area (Å²) in [5.74, 6) is 0.979. The Labute approximate surface area is 154 Å². The lowest BCUT2D eigenvalue weighted by molar-refractivity contribution is 0.0694. The molecule has 9 nitrogen and oxygen atoms in total. The highest BCUT2D eigenvalue weighted by atomic mass is 32.2. The minimum Gasteiger partial charge on any atom is -0.493 e. The normalized spacial score (nSPS) is 15.8. The van der Waals surface area contributed by atoms with Crippen LogP contribution >= 0.6 is 0 Å². The first-order valence-electron chi connectivity index (χ1n) is 8.03. The molecule has 1 aliphatic rings. The number of hydrogen-bond acceptors (Lipinski definition) is 6. The van der Waals surface area contributed by atoms with Crippen LogP contribution in [0.4, 0.5) is 0 Å². The maximum Gasteiger partial charge on any atom is 0.281 e. The van der Waals surface area contributed by atoms with Gasteiger partial charge in [0.15, 0.2) is 11.5 Å². The van der Waals surface area contributed by atoms with Gasteiger partial charge in [-0.25, -0.2) is 0 Å². The molecule has 0 radical (unpaired) electrons. The van der Waals surface area contributed by atoms with Crippen molar-refractivity contribution in [3.63, 3.8) is 0 Å². The zero-order valence-electron chi connectivity index (χ0n) is 15.7. The van der Waals surface area contributed by atoms with E-state index in [9.17, 15) is 13.2 Å². The van der Waals surface area contributed by atoms with Crippen LogP contribution in [0.1, 0.15) is 10.4 Å². The van der Waals surface area contributed by atoms with Crippen LogP contribution < -0.4 is 14.2 Å². The van der Waals surface area contributed by atoms with Crippen LogP contribution in [0, 0.1) is 0 Å². The van der Waals surface area contributed by atoms with Gasteiger partial charge in [0, 0.05) is 45.8 Å². The summed E-state index contributed by atoms with van der Waals surface area (Å²) < 4.78 is 42.7. The summed E-state index contributed by atoms with van der Waals surface area (Å²) in [6.07, 6.45) is 0. The molecule has 1 heterocycles. The molecule has 26 heavy (non-hydrogen) atoms. The average molecular weight is 387 g/mol. The highest BCUT2D eigenvalue weighted by Gasteiger charge is 2.31. The largest absolute Gasteiger partial charge is 0.493 e. The molecule has 0 atom stereocenters. The second-order valence-corrected chi connectivity index (χ2v) is 8.04. The van der Waals surface area contributed by atoms with E-state index in [0.717, 1.165) is 0 Å². The molecule has 146 valence electrons. The van der Waals surface area contributed by atoms with E-state index in [0.29, 0.717) is 35.9 Å². The van der Waals surface area contributed by atoms with Crippen molar-refractivity contribution in [2.45, 2.75) is 0 Å². The van der Waals surface area contributed by atoms with Gasteiger partial charge in [0.25, 0.3) is 16.1 Å². The van der Waals surface area contributed by atoms with Crippen LogP contribution in [-0.2, 0) is 10.2 Å². The fraction of sp³-hybridized carbons (Fsp3) is 0.562. The number of amides is 1. The maximum absolute atomic E-state index is 12.8. The van der Waals surface area contributed by atoms with Crippen LogP contribution in [0.2, 0.25) is 0 Å². The molecule has 0 bridgehead atoms. The Morgan fingerprint density at radius 1 is 0.962 bits per heavy atom. The molecule has 1 aromatic carbocycles. The van der Waals surface area contributed by atoms with Gasteiger partial charge in [-0.05, 0) is 12.1 Å². The van der Waals surface area contributed by atoms with Gasteiger partial charge < -0.3 is 19.1 Å². The number of hydrogen-bond donors (Lipinski definition) is 0. The number of nitrogens with zero attached hydrogens (tertiary/aromatic N) is 3. The van der Waals surface area contributed by atoms with E-state index in [4.69, 9.17) is 14.2 Å². The number of carbonyl (C=O) groups excluding carboxylic acids is 1. The molecule has 1 aromatic rings. The third-order valence-electron chi connectivity index (χ3n) is 4.23. The molecule has 10 heteroatoms. The molecule has 1 saturated heterocycles. The monoisotopic (exact) mass is 387 g/mol. The predicted molar refractivity (Wildman–Crippen MR) is 96.2 cm³/mol. The molecule has 0 aliphatic carbocycles. The molecule has 0 unspecified atom stereocenters. The zero-order valence-corrected chi connectivity index (χ0v) is 16.5. The lowest BCUT2D eigenvalue weighted by Gasteiger charge is -2.35. The number of methoxy groups -OCH3 is 3. The van der Waals surface area contributed by atoms with E-state index in [-0.39, 0.29) is 19.0 Å². The Bertz CT molecular complexity index is 732. The number of benzene rings is 1. The summed E-state index contributed by atoms with van der Waals surface area (Å²) in [7, 11) is 3.96. The van der Waals surface area contributed by atoms with Crippen LogP contribution in [0.5, 0.6) is 17.2 Å². The fourth-order valence-electron chi connectivity index (χ4n) is 2.74. The lowest BCUT2D eigenvalue weighted by Crippen LogP contribution is -2.53. The molecule has 1 fully saturated rings.